The first kappa shape index (κ1) is 16.2. The highest BCUT2D eigenvalue weighted by molar-refractivity contribution is 7.99. The molecule has 0 amide bonds. The van der Waals surface area contributed by atoms with Crippen LogP contribution in [0.15, 0.2) is 29.4 Å². The molecule has 24 heavy (non-hydrogen) atoms. The number of rotatable bonds is 5. The van der Waals surface area contributed by atoms with E-state index >= 15 is 0 Å². The zero-order valence-corrected chi connectivity index (χ0v) is 15.1. The fourth-order valence-corrected chi connectivity index (χ4v) is 4.49. The third kappa shape index (κ3) is 3.27. The van der Waals surface area contributed by atoms with E-state index in [-0.39, 0.29) is 0 Å². The summed E-state index contributed by atoms with van der Waals surface area (Å²) in [7, 11) is 0. The van der Waals surface area contributed by atoms with Crippen LogP contribution in [0, 0.1) is 0 Å². The molecule has 1 atom stereocenters. The molecule has 1 aromatic heterocycles. The number of thioether (sulfide) groups is 1. The fourth-order valence-electron chi connectivity index (χ4n) is 3.26. The van der Waals surface area contributed by atoms with Gasteiger partial charge >= 0.3 is 0 Å². The SMILES string of the molecule is Clc1ccccc1-n1c(SC[C@H]2CCCO2)nnc1N1CCCC1. The molecule has 2 aliphatic heterocycles. The second-order valence-electron chi connectivity index (χ2n) is 6.21. The molecule has 5 nitrogen and oxygen atoms in total. The van der Waals surface area contributed by atoms with Gasteiger partial charge in [-0.3, -0.25) is 4.57 Å². The van der Waals surface area contributed by atoms with Gasteiger partial charge in [-0.05, 0) is 37.8 Å². The molecule has 7 heteroatoms. The van der Waals surface area contributed by atoms with Crippen molar-refractivity contribution in [3.05, 3.63) is 29.3 Å². The Hall–Kier alpha value is -1.24. The molecule has 2 fully saturated rings. The molecule has 0 unspecified atom stereocenters. The van der Waals surface area contributed by atoms with Crippen molar-refractivity contribution in [1.82, 2.24) is 14.8 Å². The maximum absolute atomic E-state index is 6.46. The van der Waals surface area contributed by atoms with Crippen molar-refractivity contribution in [1.29, 1.82) is 0 Å². The van der Waals surface area contributed by atoms with Crippen molar-refractivity contribution in [3.63, 3.8) is 0 Å². The van der Waals surface area contributed by atoms with Gasteiger partial charge in [0, 0.05) is 25.4 Å². The molecule has 0 bridgehead atoms. The number of halogens is 1. The lowest BCUT2D eigenvalue weighted by atomic mass is 10.3. The number of para-hydroxylation sites is 1. The lowest BCUT2D eigenvalue weighted by Crippen LogP contribution is -2.22. The number of ether oxygens (including phenoxy) is 1. The predicted molar refractivity (Wildman–Crippen MR) is 97.5 cm³/mol. The summed E-state index contributed by atoms with van der Waals surface area (Å²) in [6.45, 7) is 2.93. The number of aromatic nitrogens is 3. The first-order chi connectivity index (χ1) is 11.8. The van der Waals surface area contributed by atoms with Crippen molar-refractivity contribution < 1.29 is 4.74 Å². The molecule has 0 spiro atoms. The summed E-state index contributed by atoms with van der Waals surface area (Å²) in [4.78, 5) is 2.30. The maximum Gasteiger partial charge on any atom is 0.232 e. The Balaban J connectivity index is 1.66. The summed E-state index contributed by atoms with van der Waals surface area (Å²) in [5.41, 5.74) is 0.945. The Kier molecular flexibility index (Phi) is 4.96. The summed E-state index contributed by atoms with van der Waals surface area (Å²) >= 11 is 8.17. The minimum Gasteiger partial charge on any atom is -0.377 e. The third-order valence-corrected chi connectivity index (χ3v) is 5.90. The number of nitrogens with zero attached hydrogens (tertiary/aromatic N) is 4. The average Bonchev–Trinajstić information content (AvgIpc) is 3.34. The van der Waals surface area contributed by atoms with Crippen LogP contribution in [0.1, 0.15) is 25.7 Å². The minimum atomic E-state index is 0.321. The number of anilines is 1. The summed E-state index contributed by atoms with van der Waals surface area (Å²) in [5.74, 6) is 1.80. The quantitative estimate of drug-likeness (QED) is 0.755. The Morgan fingerprint density at radius 2 is 2.00 bits per heavy atom. The Bertz CT molecular complexity index is 696. The second-order valence-corrected chi connectivity index (χ2v) is 7.60. The molecule has 2 aromatic rings. The number of hydrogen-bond donors (Lipinski definition) is 0. The minimum absolute atomic E-state index is 0.321. The van der Waals surface area contributed by atoms with E-state index in [1.54, 1.807) is 11.8 Å². The lowest BCUT2D eigenvalue weighted by molar-refractivity contribution is 0.129. The zero-order valence-electron chi connectivity index (χ0n) is 13.5. The lowest BCUT2D eigenvalue weighted by Gasteiger charge is -2.19. The largest absolute Gasteiger partial charge is 0.377 e. The van der Waals surface area contributed by atoms with E-state index in [0.29, 0.717) is 6.10 Å². The molecule has 0 aliphatic carbocycles. The first-order valence-corrected chi connectivity index (χ1v) is 9.89. The Morgan fingerprint density at radius 3 is 2.75 bits per heavy atom. The zero-order chi connectivity index (χ0) is 16.4. The van der Waals surface area contributed by atoms with Gasteiger partial charge in [0.25, 0.3) is 0 Å². The monoisotopic (exact) mass is 364 g/mol. The molecule has 128 valence electrons. The molecule has 0 saturated carbocycles. The molecule has 2 aliphatic rings. The normalized spacial score (nSPS) is 20.9. The molecule has 1 aromatic carbocycles. The van der Waals surface area contributed by atoms with E-state index < -0.39 is 0 Å². The summed E-state index contributed by atoms with van der Waals surface area (Å²) in [6.07, 6.45) is 5.01. The third-order valence-electron chi connectivity index (χ3n) is 4.52. The van der Waals surface area contributed by atoms with Crippen LogP contribution in [0.5, 0.6) is 0 Å². The number of benzene rings is 1. The van der Waals surface area contributed by atoms with E-state index in [1.165, 1.54) is 12.8 Å². The summed E-state index contributed by atoms with van der Waals surface area (Å²) in [6, 6.07) is 7.90. The summed E-state index contributed by atoms with van der Waals surface area (Å²) in [5, 5.41) is 10.5. The van der Waals surface area contributed by atoms with E-state index in [0.717, 1.165) is 60.1 Å². The number of hydrogen-bond acceptors (Lipinski definition) is 5. The standard InChI is InChI=1S/C17H21ClN4OS/c18-14-7-1-2-8-15(14)22-16(21-9-3-4-10-21)19-20-17(22)24-12-13-6-5-11-23-13/h1-2,7-8,13H,3-6,9-12H2/t13-/m1/s1. The van der Waals surface area contributed by atoms with Crippen LogP contribution in [0.3, 0.4) is 0 Å². The summed E-state index contributed by atoms with van der Waals surface area (Å²) < 4.78 is 7.84. The topological polar surface area (TPSA) is 43.2 Å². The van der Waals surface area contributed by atoms with E-state index in [4.69, 9.17) is 16.3 Å². The van der Waals surface area contributed by atoms with E-state index in [2.05, 4.69) is 19.7 Å². The molecular formula is C17H21ClN4OS. The van der Waals surface area contributed by atoms with E-state index in [9.17, 15) is 0 Å². The van der Waals surface area contributed by atoms with Gasteiger partial charge in [-0.25, -0.2) is 0 Å². The van der Waals surface area contributed by atoms with Gasteiger partial charge in [0.1, 0.15) is 0 Å². The van der Waals surface area contributed by atoms with Crippen LogP contribution in [-0.4, -0.2) is 46.3 Å². The van der Waals surface area contributed by atoms with Crippen LogP contribution in [-0.2, 0) is 4.74 Å². The first-order valence-electron chi connectivity index (χ1n) is 8.52. The van der Waals surface area contributed by atoms with Gasteiger partial charge in [0.2, 0.25) is 5.95 Å². The smallest absolute Gasteiger partial charge is 0.232 e. The van der Waals surface area contributed by atoms with Gasteiger partial charge in [0.05, 0.1) is 16.8 Å². The highest BCUT2D eigenvalue weighted by Gasteiger charge is 2.24. The Morgan fingerprint density at radius 1 is 1.17 bits per heavy atom. The van der Waals surface area contributed by atoms with Gasteiger partial charge in [-0.2, -0.15) is 0 Å². The van der Waals surface area contributed by atoms with Gasteiger partial charge in [-0.1, -0.05) is 35.5 Å². The molecule has 4 rings (SSSR count). The van der Waals surface area contributed by atoms with Gasteiger partial charge in [-0.15, -0.1) is 10.2 Å². The Labute approximate surface area is 151 Å². The van der Waals surface area contributed by atoms with Crippen LogP contribution >= 0.6 is 23.4 Å². The highest BCUT2D eigenvalue weighted by atomic mass is 35.5. The van der Waals surface area contributed by atoms with Gasteiger partial charge in [0.15, 0.2) is 5.16 Å². The molecule has 2 saturated heterocycles. The van der Waals surface area contributed by atoms with Crippen LogP contribution in [0.4, 0.5) is 5.95 Å². The average molecular weight is 365 g/mol. The van der Waals surface area contributed by atoms with Crippen molar-refractivity contribution in [2.75, 3.05) is 30.3 Å². The van der Waals surface area contributed by atoms with E-state index in [1.807, 2.05) is 24.3 Å². The van der Waals surface area contributed by atoms with Crippen molar-refractivity contribution in [2.24, 2.45) is 0 Å². The maximum atomic E-state index is 6.46. The van der Waals surface area contributed by atoms with Crippen LogP contribution in [0.2, 0.25) is 5.02 Å². The molecule has 0 radical (unpaired) electrons. The van der Waals surface area contributed by atoms with Crippen molar-refractivity contribution in [3.8, 4) is 5.69 Å². The van der Waals surface area contributed by atoms with Crippen LogP contribution in [0.25, 0.3) is 5.69 Å². The fraction of sp³-hybridized carbons (Fsp3) is 0.529. The van der Waals surface area contributed by atoms with Gasteiger partial charge < -0.3 is 9.64 Å². The van der Waals surface area contributed by atoms with Crippen molar-refractivity contribution in [2.45, 2.75) is 36.9 Å². The molecular weight excluding hydrogens is 344 g/mol. The highest BCUT2D eigenvalue weighted by Crippen LogP contribution is 2.32. The molecule has 3 heterocycles. The van der Waals surface area contributed by atoms with Crippen LogP contribution < -0.4 is 4.90 Å². The predicted octanol–water partition coefficient (Wildman–Crippen LogP) is 3.79. The van der Waals surface area contributed by atoms with Crippen molar-refractivity contribution >= 4 is 29.3 Å². The molecule has 0 N–H and O–H groups in total. The second kappa shape index (κ2) is 7.33.